The van der Waals surface area contributed by atoms with Crippen LogP contribution in [-0.4, -0.2) is 39.9 Å². The Morgan fingerprint density at radius 1 is 1.35 bits per heavy atom. The molecule has 1 aromatic heterocycles. The second-order valence-corrected chi connectivity index (χ2v) is 6.69. The van der Waals surface area contributed by atoms with Crippen LogP contribution in [0.2, 0.25) is 0 Å². The summed E-state index contributed by atoms with van der Waals surface area (Å²) in [5.74, 6) is -0.203. The standard InChI is InChI=1S/C20H17FN6O4/c1-12-10-22-20(23-14-9-17(27(29)30)13(21)8-18(14)31-2)24-19(12)26-7-5-15-16(26)4-3-6-25(15)11-28/h3-6,8-11H,7H2,1-2H3,(H,22,23,24). The molecule has 0 radical (unpaired) electrons. The van der Waals surface area contributed by atoms with Gasteiger partial charge in [-0.1, -0.05) is 0 Å². The van der Waals surface area contributed by atoms with Crippen LogP contribution >= 0.6 is 0 Å². The zero-order valence-electron chi connectivity index (χ0n) is 16.6. The van der Waals surface area contributed by atoms with E-state index >= 15 is 0 Å². The Labute approximate surface area is 176 Å². The van der Waals surface area contributed by atoms with E-state index in [9.17, 15) is 19.3 Å². The molecule has 1 N–H and O–H groups in total. The van der Waals surface area contributed by atoms with Crippen molar-refractivity contribution < 1.29 is 18.8 Å². The Morgan fingerprint density at radius 3 is 2.87 bits per heavy atom. The van der Waals surface area contributed by atoms with Gasteiger partial charge in [-0.3, -0.25) is 19.8 Å². The van der Waals surface area contributed by atoms with Crippen LogP contribution in [0.3, 0.4) is 0 Å². The Balaban J connectivity index is 1.68. The van der Waals surface area contributed by atoms with Crippen LogP contribution in [0, 0.1) is 22.9 Å². The molecule has 0 saturated carbocycles. The largest absolute Gasteiger partial charge is 0.494 e. The number of nitro benzene ring substituents is 1. The number of nitrogens with zero attached hydrogens (tertiary/aromatic N) is 5. The van der Waals surface area contributed by atoms with Gasteiger partial charge in [-0.2, -0.15) is 9.37 Å². The van der Waals surface area contributed by atoms with Crippen molar-refractivity contribution in [2.45, 2.75) is 6.92 Å². The van der Waals surface area contributed by atoms with Crippen molar-refractivity contribution >= 4 is 29.6 Å². The van der Waals surface area contributed by atoms with E-state index in [0.717, 1.165) is 35.5 Å². The molecule has 0 saturated heterocycles. The summed E-state index contributed by atoms with van der Waals surface area (Å²) in [7, 11) is 1.33. The minimum absolute atomic E-state index is 0.0701. The zero-order chi connectivity index (χ0) is 22.1. The van der Waals surface area contributed by atoms with E-state index in [0.29, 0.717) is 12.4 Å². The van der Waals surface area contributed by atoms with E-state index in [4.69, 9.17) is 4.74 Å². The number of benzene rings is 1. The number of nitro groups is 1. The molecule has 4 rings (SSSR count). The van der Waals surface area contributed by atoms with Crippen LogP contribution in [0.25, 0.3) is 0 Å². The van der Waals surface area contributed by atoms with E-state index in [-0.39, 0.29) is 17.4 Å². The maximum absolute atomic E-state index is 13.9. The van der Waals surface area contributed by atoms with E-state index < -0.39 is 16.4 Å². The van der Waals surface area contributed by atoms with Crippen LogP contribution in [0.4, 0.5) is 27.5 Å². The van der Waals surface area contributed by atoms with Crippen LogP contribution < -0.4 is 15.0 Å². The Morgan fingerprint density at radius 2 is 2.16 bits per heavy atom. The van der Waals surface area contributed by atoms with Gasteiger partial charge in [0.25, 0.3) is 0 Å². The molecule has 31 heavy (non-hydrogen) atoms. The number of fused-ring (bicyclic) bond motifs is 1. The molecule has 0 unspecified atom stereocenters. The minimum atomic E-state index is -1.01. The fraction of sp³-hybridized carbons (Fsp3) is 0.150. The molecule has 0 atom stereocenters. The molecule has 2 aliphatic heterocycles. The summed E-state index contributed by atoms with van der Waals surface area (Å²) in [4.78, 5) is 33.7. The number of carbonyl (C=O) groups excluding carboxylic acids is 1. The second kappa shape index (κ2) is 7.86. The van der Waals surface area contributed by atoms with Crippen molar-refractivity contribution in [1.29, 1.82) is 0 Å². The van der Waals surface area contributed by atoms with Crippen molar-refractivity contribution in [2.75, 3.05) is 23.9 Å². The third-order valence-corrected chi connectivity index (χ3v) is 4.83. The number of hydrogen-bond donors (Lipinski definition) is 1. The van der Waals surface area contributed by atoms with E-state index in [1.807, 2.05) is 24.0 Å². The number of halogens is 1. The fourth-order valence-corrected chi connectivity index (χ4v) is 3.37. The third kappa shape index (κ3) is 3.56. The SMILES string of the molecule is COc1cc(F)c([N+](=O)[O-])cc1Nc1ncc(C)c(N2CC=C3C2=CC=CN3C=O)n1. The van der Waals surface area contributed by atoms with Crippen LogP contribution in [0.15, 0.2) is 54.2 Å². The lowest BCUT2D eigenvalue weighted by molar-refractivity contribution is -0.387. The lowest BCUT2D eigenvalue weighted by Crippen LogP contribution is -2.25. The van der Waals surface area contributed by atoms with Gasteiger partial charge in [0.05, 0.1) is 29.1 Å². The number of ether oxygens (including phenoxy) is 1. The van der Waals surface area contributed by atoms with Crippen molar-refractivity contribution in [3.05, 3.63) is 75.6 Å². The van der Waals surface area contributed by atoms with E-state index in [2.05, 4.69) is 15.3 Å². The number of aromatic nitrogens is 2. The van der Waals surface area contributed by atoms with Gasteiger partial charge in [0.2, 0.25) is 18.2 Å². The molecule has 0 fully saturated rings. The molecule has 1 aromatic carbocycles. The lowest BCUT2D eigenvalue weighted by Gasteiger charge is -2.26. The summed E-state index contributed by atoms with van der Waals surface area (Å²) >= 11 is 0. The zero-order valence-corrected chi connectivity index (χ0v) is 16.6. The summed E-state index contributed by atoms with van der Waals surface area (Å²) in [6, 6.07) is 1.96. The van der Waals surface area contributed by atoms with E-state index in [1.54, 1.807) is 18.5 Å². The number of allylic oxidation sites excluding steroid dienone is 2. The van der Waals surface area contributed by atoms with Crippen molar-refractivity contribution in [3.63, 3.8) is 0 Å². The average molecular weight is 424 g/mol. The molecule has 0 spiro atoms. The number of anilines is 3. The average Bonchev–Trinajstić information content (AvgIpc) is 3.19. The first kappa shape index (κ1) is 20.0. The number of nitrogens with one attached hydrogen (secondary N) is 1. The fourth-order valence-electron chi connectivity index (χ4n) is 3.37. The summed E-state index contributed by atoms with van der Waals surface area (Å²) in [6.45, 7) is 2.34. The Bertz CT molecular complexity index is 1180. The molecular formula is C20H17FN6O4. The van der Waals surface area contributed by atoms with Crippen LogP contribution in [0.1, 0.15) is 5.56 Å². The highest BCUT2D eigenvalue weighted by Gasteiger charge is 2.28. The van der Waals surface area contributed by atoms with Gasteiger partial charge in [0, 0.05) is 36.6 Å². The first-order chi connectivity index (χ1) is 14.9. The number of carbonyl (C=O) groups is 1. The third-order valence-electron chi connectivity index (χ3n) is 4.83. The van der Waals surface area contributed by atoms with Crippen LogP contribution in [0.5, 0.6) is 5.75 Å². The molecule has 0 bridgehead atoms. The van der Waals surface area contributed by atoms with E-state index in [1.165, 1.54) is 12.0 Å². The first-order valence-corrected chi connectivity index (χ1v) is 9.15. The smallest absolute Gasteiger partial charge is 0.307 e. The minimum Gasteiger partial charge on any atom is -0.494 e. The van der Waals surface area contributed by atoms with Crippen molar-refractivity contribution in [2.24, 2.45) is 0 Å². The molecule has 1 amide bonds. The Kier molecular flexibility index (Phi) is 5.07. The second-order valence-electron chi connectivity index (χ2n) is 6.69. The molecule has 10 nitrogen and oxygen atoms in total. The predicted molar refractivity (Wildman–Crippen MR) is 110 cm³/mol. The van der Waals surface area contributed by atoms with Gasteiger partial charge >= 0.3 is 5.69 Å². The number of aryl methyl sites for hydroxylation is 1. The number of hydrogen-bond acceptors (Lipinski definition) is 8. The summed E-state index contributed by atoms with van der Waals surface area (Å²) in [6.07, 6.45) is 9.54. The molecule has 11 heteroatoms. The molecule has 3 heterocycles. The van der Waals surface area contributed by atoms with Crippen molar-refractivity contribution in [3.8, 4) is 5.75 Å². The molecule has 0 aliphatic carbocycles. The first-order valence-electron chi connectivity index (χ1n) is 9.15. The van der Waals surface area contributed by atoms with Gasteiger partial charge < -0.3 is 15.0 Å². The van der Waals surface area contributed by atoms with Gasteiger partial charge in [-0.15, -0.1) is 0 Å². The monoisotopic (exact) mass is 424 g/mol. The quantitative estimate of drug-likeness (QED) is 0.427. The van der Waals surface area contributed by atoms with Crippen LogP contribution in [-0.2, 0) is 4.79 Å². The molecule has 158 valence electrons. The highest BCUT2D eigenvalue weighted by atomic mass is 19.1. The van der Waals surface area contributed by atoms with Gasteiger partial charge in [0.15, 0.2) is 0 Å². The number of amides is 1. The van der Waals surface area contributed by atoms with Gasteiger partial charge in [0.1, 0.15) is 11.6 Å². The normalized spacial score (nSPS) is 14.7. The summed E-state index contributed by atoms with van der Waals surface area (Å²) in [5, 5.41) is 14.0. The highest BCUT2D eigenvalue weighted by molar-refractivity contribution is 5.70. The lowest BCUT2D eigenvalue weighted by atomic mass is 10.2. The Hall–Kier alpha value is -4.28. The summed E-state index contributed by atoms with van der Waals surface area (Å²) < 4.78 is 19.0. The molecule has 2 aromatic rings. The number of methoxy groups -OCH3 is 1. The van der Waals surface area contributed by atoms with Crippen molar-refractivity contribution in [1.82, 2.24) is 14.9 Å². The maximum atomic E-state index is 13.9. The molecular weight excluding hydrogens is 407 g/mol. The maximum Gasteiger partial charge on any atom is 0.307 e. The molecule has 2 aliphatic rings. The highest BCUT2D eigenvalue weighted by Crippen LogP contribution is 2.36. The predicted octanol–water partition coefficient (Wildman–Crippen LogP) is 3.16. The topological polar surface area (TPSA) is 114 Å². The summed E-state index contributed by atoms with van der Waals surface area (Å²) in [5.41, 5.74) is 1.79. The van der Waals surface area contributed by atoms with Gasteiger partial charge in [-0.05, 0) is 25.2 Å². The van der Waals surface area contributed by atoms with Gasteiger partial charge in [-0.25, -0.2) is 4.98 Å². The number of rotatable bonds is 6.